The molecule has 4 heterocycles. The molecule has 12 aromatic rings. The Balaban J connectivity index is 0.000000159. The number of aromatic nitrogens is 4. The number of rotatable bonds is 13. The van der Waals surface area contributed by atoms with Crippen LogP contribution in [-0.2, 0) is 40.9 Å². The van der Waals surface area contributed by atoms with E-state index in [2.05, 4.69) is 123 Å². The normalized spacial score (nSPS) is 17.1. The lowest BCUT2D eigenvalue weighted by atomic mass is 9.82. The van der Waals surface area contributed by atoms with E-state index in [1.165, 1.54) is 0 Å². The molecule has 0 saturated heterocycles. The number of hydrogen-bond acceptors (Lipinski definition) is 0. The third-order valence-electron chi connectivity index (χ3n) is 20.0. The maximum atomic E-state index is 9.18. The minimum absolute atomic E-state index is 0.0514. The Bertz CT molecular complexity index is 5540. The Labute approximate surface area is 651 Å². The molecular weight excluding hydrogens is 1260 g/mol. The second kappa shape index (κ2) is 34.3. The van der Waals surface area contributed by atoms with Gasteiger partial charge in [0.25, 0.3) is 0 Å². The van der Waals surface area contributed by atoms with Crippen LogP contribution in [0.2, 0.25) is 0 Å². The summed E-state index contributed by atoms with van der Waals surface area (Å²) in [6, 6.07) is 73.3. The molecule has 8 aromatic carbocycles. The zero-order valence-electron chi connectivity index (χ0n) is 81.3. The van der Waals surface area contributed by atoms with Gasteiger partial charge in [-0.15, -0.1) is 0 Å². The largest absolute Gasteiger partial charge is 0.212 e. The quantitative estimate of drug-likeness (QED) is 0.102. The smallest absolute Gasteiger partial charge is 0.201 e. The molecule has 0 N–H and O–H groups in total. The Hall–Kier alpha value is -9.64. The fraction of sp³-hybridized carbons (Fsp3) is 0.320. The van der Waals surface area contributed by atoms with Gasteiger partial charge in [-0.3, -0.25) is 0 Å². The first-order valence-corrected chi connectivity index (χ1v) is 36.9. The SMILES string of the molecule is [2H]C([2H])([2H])c1c[n+](C)c(-c2cc(-c3ccccc3)ccc2C)cc1C([2H])([2H])C(C)(C)C.[2H]C([2H])([2H])c1c[n+](C)c(-c2cc(-c3ccccc3)ccc2C)cc1C([2H])([2H])C(C)C.[2H]C([2H])([2H])c1c[n+](C)c(-c2cc(-c3ccccc3)ccc2C)cc1C1([2H])CCCC1.[2H]C([2H])([2H])c1c[n+](C)c(-c2cc(-c3ccccc3)ccc2C)cc1C1([2H])CCCCC1. The monoisotopic (exact) mass is 1390 g/mol. The maximum absolute atomic E-state index is 9.18. The van der Waals surface area contributed by atoms with E-state index in [0.717, 1.165) is 144 Å². The van der Waals surface area contributed by atoms with Gasteiger partial charge in [-0.1, -0.05) is 237 Å². The van der Waals surface area contributed by atoms with E-state index >= 15 is 0 Å². The van der Waals surface area contributed by atoms with Crippen molar-refractivity contribution in [1.82, 2.24) is 0 Å². The molecule has 0 unspecified atom stereocenters. The van der Waals surface area contributed by atoms with Crippen LogP contribution in [0.4, 0.5) is 0 Å². The average Bonchev–Trinajstić information content (AvgIpc) is 1.44. The average molecular weight is 1390 g/mol. The lowest BCUT2D eigenvalue weighted by molar-refractivity contribution is -0.661. The second-order valence-corrected chi connectivity index (χ2v) is 29.6. The highest BCUT2D eigenvalue weighted by molar-refractivity contribution is 5.77. The Kier molecular flexibility index (Phi) is 18.1. The summed E-state index contributed by atoms with van der Waals surface area (Å²) in [5.74, 6) is -2.02. The topological polar surface area (TPSA) is 15.5 Å². The minimum atomic E-state index is -2.41. The van der Waals surface area contributed by atoms with Crippen molar-refractivity contribution in [3.8, 4) is 89.5 Å². The van der Waals surface area contributed by atoms with Crippen LogP contribution in [0.5, 0.6) is 0 Å². The molecule has 0 aliphatic heterocycles. The predicted octanol–water partition coefficient (Wildman–Crippen LogP) is 24.3. The summed E-state index contributed by atoms with van der Waals surface area (Å²) in [6.45, 7) is 7.85. The van der Waals surface area contributed by atoms with Gasteiger partial charge in [-0.05, 0) is 230 Å². The number of nitrogens with zero attached hydrogens (tertiary/aromatic N) is 4. The molecular formula is C100H116N4+4. The van der Waals surface area contributed by atoms with Crippen LogP contribution in [-0.4, -0.2) is 0 Å². The lowest BCUT2D eigenvalue weighted by Crippen LogP contribution is -2.32. The standard InChI is InChI=1S/C26H30N.C25H28N.C25H30N.C24H28N/c1-19-14-15-23(21-10-6-4-7-11-21)16-25(19)26-17-24(20(2)18-27(26)3)22-12-8-5-9-13-22;1-18-13-14-22(20-9-5-4-6-10-20)15-24(18)25-16-23(19(2)17-26(25)3)21-11-7-8-12-21;1-18-12-13-21(20-10-8-7-9-11-20)14-23(18)24-15-22(16-25(3,4)5)19(2)17-26(24)6;1-17(2)13-22-15-24(25(5)16-19(22)4)23-14-21(12-11-18(23)3)20-9-7-6-8-10-20/h4,6-7,10-11,14-18,22H,5,8-9,12-13H2,1-3H3;4-6,9-10,13-17,21H,7-8,11-12H2,1-3H3;7-15,17H,16H2,1-6H3;6-12,14-17H,13H2,1-5H3/q4*+1/i2D3,22D;2D3,21D;2D3,16D2;4D3,13D2. The number of benzene rings is 8. The van der Waals surface area contributed by atoms with E-state index in [0.29, 0.717) is 47.9 Å². The van der Waals surface area contributed by atoms with Gasteiger partial charge in [0, 0.05) is 93.4 Å². The molecule has 14 rings (SSSR count). The zero-order chi connectivity index (χ0) is 89.2. The van der Waals surface area contributed by atoms with Gasteiger partial charge in [0.05, 0.1) is 0 Å². The summed E-state index contributed by atoms with van der Waals surface area (Å²) < 4.78 is 157. The third kappa shape index (κ3) is 18.8. The van der Waals surface area contributed by atoms with E-state index < -0.39 is 57.4 Å². The summed E-state index contributed by atoms with van der Waals surface area (Å²) in [5, 5.41) is 0. The van der Waals surface area contributed by atoms with Gasteiger partial charge < -0.3 is 0 Å². The van der Waals surface area contributed by atoms with Crippen molar-refractivity contribution in [1.29, 1.82) is 0 Å². The fourth-order valence-corrected chi connectivity index (χ4v) is 14.3. The summed E-state index contributed by atoms with van der Waals surface area (Å²) >= 11 is 0. The zero-order valence-corrected chi connectivity index (χ0v) is 63.3. The van der Waals surface area contributed by atoms with Gasteiger partial charge in [0.1, 0.15) is 28.2 Å². The molecule has 4 heteroatoms. The molecule has 2 aliphatic rings. The van der Waals surface area contributed by atoms with E-state index in [4.69, 9.17) is 23.3 Å². The molecule has 4 nitrogen and oxygen atoms in total. The van der Waals surface area contributed by atoms with Crippen LogP contribution in [0.25, 0.3) is 89.5 Å². The van der Waals surface area contributed by atoms with E-state index in [1.807, 2.05) is 148 Å². The molecule has 0 bridgehead atoms. The van der Waals surface area contributed by atoms with Crippen molar-refractivity contribution in [2.75, 3.05) is 0 Å². The molecule has 2 saturated carbocycles. The number of aryl methyl sites for hydroxylation is 12. The molecule has 104 heavy (non-hydrogen) atoms. The van der Waals surface area contributed by atoms with Crippen LogP contribution in [0, 0.1) is 66.4 Å². The number of hydrogen-bond donors (Lipinski definition) is 0. The van der Waals surface area contributed by atoms with Gasteiger partial charge in [0.2, 0.25) is 22.8 Å². The number of pyridine rings is 4. The van der Waals surface area contributed by atoms with Crippen LogP contribution in [0.15, 0.2) is 243 Å². The third-order valence-corrected chi connectivity index (χ3v) is 20.0. The van der Waals surface area contributed by atoms with Crippen LogP contribution < -0.4 is 18.3 Å². The molecule has 0 radical (unpaired) electrons. The molecule has 2 fully saturated rings. The fourth-order valence-electron chi connectivity index (χ4n) is 14.3. The van der Waals surface area contributed by atoms with Gasteiger partial charge in [-0.2, -0.15) is 0 Å². The van der Waals surface area contributed by atoms with Gasteiger partial charge >= 0.3 is 0 Å². The highest BCUT2D eigenvalue weighted by Gasteiger charge is 2.27. The van der Waals surface area contributed by atoms with Crippen molar-refractivity contribution in [2.24, 2.45) is 39.5 Å². The van der Waals surface area contributed by atoms with Crippen molar-refractivity contribution in [3.05, 3.63) is 310 Å². The van der Waals surface area contributed by atoms with Crippen molar-refractivity contribution in [3.63, 3.8) is 0 Å². The lowest BCUT2D eigenvalue weighted by Gasteiger charge is -2.23. The van der Waals surface area contributed by atoms with Crippen molar-refractivity contribution in [2.45, 2.75) is 172 Å². The second-order valence-electron chi connectivity index (χ2n) is 29.6. The molecule has 4 aromatic heterocycles. The Morgan fingerprint density at radius 2 is 0.625 bits per heavy atom. The molecule has 0 amide bonds. The minimum Gasteiger partial charge on any atom is -0.201 e. The summed E-state index contributed by atoms with van der Waals surface area (Å²) in [7, 11) is 7.43. The first-order valence-electron chi connectivity index (χ1n) is 45.9. The van der Waals surface area contributed by atoms with Crippen molar-refractivity contribution < 1.29 is 42.9 Å². The van der Waals surface area contributed by atoms with Crippen LogP contribution in [0.3, 0.4) is 0 Å². The predicted molar refractivity (Wildman–Crippen MR) is 441 cm³/mol. The molecule has 2 aliphatic carbocycles. The van der Waals surface area contributed by atoms with Gasteiger partial charge in [-0.25, -0.2) is 18.3 Å². The Morgan fingerprint density at radius 1 is 0.346 bits per heavy atom. The van der Waals surface area contributed by atoms with E-state index in [9.17, 15) is 1.37 Å². The molecule has 532 valence electrons. The Morgan fingerprint density at radius 3 is 0.923 bits per heavy atom. The maximum Gasteiger partial charge on any atom is 0.212 e. The summed E-state index contributed by atoms with van der Waals surface area (Å²) in [5.41, 5.74) is 22.5. The first-order chi connectivity index (χ1) is 57.0. The van der Waals surface area contributed by atoms with Crippen LogP contribution in [0.1, 0.15) is 196 Å². The molecule has 0 spiro atoms. The van der Waals surface area contributed by atoms with Crippen LogP contribution >= 0.6 is 0 Å². The first kappa shape index (κ1) is 54.9. The summed E-state index contributed by atoms with van der Waals surface area (Å²) in [4.78, 5) is 0. The van der Waals surface area contributed by atoms with Crippen molar-refractivity contribution >= 4 is 0 Å². The van der Waals surface area contributed by atoms with Gasteiger partial charge in [0.15, 0.2) is 24.8 Å². The van der Waals surface area contributed by atoms with E-state index in [1.54, 1.807) is 80.7 Å². The highest BCUT2D eigenvalue weighted by Crippen LogP contribution is 2.40. The van der Waals surface area contributed by atoms with E-state index in [-0.39, 0.29) is 28.2 Å². The molecule has 0 atom stereocenters. The summed E-state index contributed by atoms with van der Waals surface area (Å²) in [6.07, 6.45) is 10.9. The highest BCUT2D eigenvalue weighted by atomic mass is 14.9.